The van der Waals surface area contributed by atoms with E-state index in [0.29, 0.717) is 9.47 Å². The first-order chi connectivity index (χ1) is 7.99. The van der Waals surface area contributed by atoms with E-state index in [1.807, 2.05) is 0 Å². The summed E-state index contributed by atoms with van der Waals surface area (Å²) < 4.78 is 31.3. The standard InChI is InChI=1S/C8H5Br2N3O2S2/c9-5-1-2-7(6(10)3-5)17(14,15)12-8-4-11-13-16-8/h1-4,12H. The predicted octanol–water partition coefficient (Wildman–Crippen LogP) is 2.86. The molecule has 0 aliphatic carbocycles. The fourth-order valence-corrected chi connectivity index (χ4v) is 4.52. The Hall–Kier alpha value is -0.510. The van der Waals surface area contributed by atoms with Crippen LogP contribution in [0.2, 0.25) is 0 Å². The summed E-state index contributed by atoms with van der Waals surface area (Å²) in [6.07, 6.45) is 1.36. The van der Waals surface area contributed by atoms with Gasteiger partial charge in [-0.05, 0) is 34.1 Å². The molecule has 0 aliphatic heterocycles. The molecule has 5 nitrogen and oxygen atoms in total. The van der Waals surface area contributed by atoms with Gasteiger partial charge in [-0.1, -0.05) is 20.4 Å². The first kappa shape index (κ1) is 12.9. The van der Waals surface area contributed by atoms with Crippen molar-refractivity contribution in [2.45, 2.75) is 4.90 Å². The van der Waals surface area contributed by atoms with Gasteiger partial charge in [0.1, 0.15) is 9.90 Å². The lowest BCUT2D eigenvalue weighted by Crippen LogP contribution is -2.12. The fourth-order valence-electron chi connectivity index (χ4n) is 1.09. The molecule has 0 saturated carbocycles. The number of nitrogens with one attached hydrogen (secondary N) is 1. The first-order valence-corrected chi connectivity index (χ1v) is 8.08. The van der Waals surface area contributed by atoms with Crippen molar-refractivity contribution in [3.05, 3.63) is 33.3 Å². The third-order valence-corrected chi connectivity index (χ3v) is 5.32. The van der Waals surface area contributed by atoms with Gasteiger partial charge in [-0.25, -0.2) is 8.42 Å². The second-order valence-corrected chi connectivity index (χ2v) is 7.17. The van der Waals surface area contributed by atoms with Crippen LogP contribution in [0.5, 0.6) is 0 Å². The maximum absolute atomic E-state index is 12.0. The lowest BCUT2D eigenvalue weighted by Gasteiger charge is -2.07. The van der Waals surface area contributed by atoms with Gasteiger partial charge in [-0.15, -0.1) is 5.10 Å². The maximum Gasteiger partial charge on any atom is 0.263 e. The molecule has 0 fully saturated rings. The number of nitrogens with zero attached hydrogens (tertiary/aromatic N) is 2. The lowest BCUT2D eigenvalue weighted by molar-refractivity contribution is 0.601. The van der Waals surface area contributed by atoms with Crippen molar-refractivity contribution in [3.8, 4) is 0 Å². The van der Waals surface area contributed by atoms with Crippen LogP contribution < -0.4 is 4.72 Å². The Morgan fingerprint density at radius 3 is 2.65 bits per heavy atom. The summed E-state index contributed by atoms with van der Waals surface area (Å²) in [6, 6.07) is 4.83. The number of rotatable bonds is 3. The van der Waals surface area contributed by atoms with E-state index in [-0.39, 0.29) is 4.90 Å². The first-order valence-electron chi connectivity index (χ1n) is 4.24. The zero-order valence-corrected chi connectivity index (χ0v) is 12.9. The Bertz CT molecular complexity index is 628. The third-order valence-electron chi connectivity index (χ3n) is 1.78. The van der Waals surface area contributed by atoms with Crippen molar-refractivity contribution in [1.29, 1.82) is 0 Å². The minimum absolute atomic E-state index is 0.161. The molecule has 9 heteroatoms. The summed E-state index contributed by atoms with van der Waals surface area (Å²) in [5.74, 6) is 0. The van der Waals surface area contributed by atoms with Gasteiger partial charge in [0, 0.05) is 20.5 Å². The molecular weight excluding hydrogens is 394 g/mol. The van der Waals surface area contributed by atoms with Crippen LogP contribution in [0.4, 0.5) is 5.00 Å². The number of anilines is 1. The van der Waals surface area contributed by atoms with E-state index in [4.69, 9.17) is 0 Å². The Balaban J connectivity index is 2.38. The highest BCUT2D eigenvalue weighted by Crippen LogP contribution is 2.27. The van der Waals surface area contributed by atoms with Crippen molar-refractivity contribution < 1.29 is 8.42 Å². The average Bonchev–Trinajstić information content (AvgIpc) is 2.68. The highest BCUT2D eigenvalue weighted by atomic mass is 79.9. The monoisotopic (exact) mass is 397 g/mol. The molecular formula is C8H5Br2N3O2S2. The van der Waals surface area contributed by atoms with Crippen LogP contribution in [0, 0.1) is 0 Å². The molecule has 1 N–H and O–H groups in total. The second kappa shape index (κ2) is 5.01. The fraction of sp³-hybridized carbons (Fsp3) is 0. The molecule has 2 rings (SSSR count). The number of hydrogen-bond donors (Lipinski definition) is 1. The van der Waals surface area contributed by atoms with Crippen molar-refractivity contribution in [2.24, 2.45) is 0 Å². The van der Waals surface area contributed by atoms with Gasteiger partial charge < -0.3 is 0 Å². The zero-order chi connectivity index (χ0) is 12.5. The van der Waals surface area contributed by atoms with E-state index in [9.17, 15) is 8.42 Å². The number of benzene rings is 1. The average molecular weight is 399 g/mol. The summed E-state index contributed by atoms with van der Waals surface area (Å²) in [5, 5.41) is 3.93. The van der Waals surface area contributed by atoms with Gasteiger partial charge in [-0.3, -0.25) is 4.72 Å². The van der Waals surface area contributed by atoms with Crippen LogP contribution in [-0.2, 0) is 10.0 Å². The van der Waals surface area contributed by atoms with Gasteiger partial charge in [0.2, 0.25) is 0 Å². The van der Waals surface area contributed by atoms with Crippen LogP contribution in [0.25, 0.3) is 0 Å². The number of halogens is 2. The summed E-state index contributed by atoms with van der Waals surface area (Å²) in [5.41, 5.74) is 0. The van der Waals surface area contributed by atoms with Crippen LogP contribution in [0.15, 0.2) is 38.2 Å². The van der Waals surface area contributed by atoms with E-state index in [2.05, 4.69) is 46.2 Å². The Morgan fingerprint density at radius 2 is 2.06 bits per heavy atom. The van der Waals surface area contributed by atoms with Gasteiger partial charge >= 0.3 is 0 Å². The number of aromatic nitrogens is 2. The quantitative estimate of drug-likeness (QED) is 0.862. The Kier molecular flexibility index (Phi) is 3.81. The van der Waals surface area contributed by atoms with E-state index >= 15 is 0 Å². The van der Waals surface area contributed by atoms with Gasteiger partial charge in [0.15, 0.2) is 0 Å². The zero-order valence-electron chi connectivity index (χ0n) is 8.09. The Labute approximate surface area is 119 Å². The van der Waals surface area contributed by atoms with Crippen molar-refractivity contribution >= 4 is 58.4 Å². The summed E-state index contributed by atoms with van der Waals surface area (Å²) >= 11 is 7.45. The third kappa shape index (κ3) is 3.03. The van der Waals surface area contributed by atoms with Crippen molar-refractivity contribution in [1.82, 2.24) is 9.59 Å². The highest BCUT2D eigenvalue weighted by Gasteiger charge is 2.18. The van der Waals surface area contributed by atoms with Crippen molar-refractivity contribution in [2.75, 3.05) is 4.72 Å². The highest BCUT2D eigenvalue weighted by molar-refractivity contribution is 9.11. The molecule has 0 radical (unpaired) electrons. The SMILES string of the molecule is O=S(=O)(Nc1cnns1)c1ccc(Br)cc1Br. The second-order valence-electron chi connectivity index (χ2n) is 2.96. The van der Waals surface area contributed by atoms with Crippen LogP contribution in [-0.4, -0.2) is 18.0 Å². The predicted molar refractivity (Wildman–Crippen MR) is 72.6 cm³/mol. The molecule has 1 aromatic carbocycles. The minimum atomic E-state index is -3.62. The number of sulfonamides is 1. The topological polar surface area (TPSA) is 72.0 Å². The summed E-state index contributed by atoms with van der Waals surface area (Å²) in [6.45, 7) is 0. The van der Waals surface area contributed by atoms with Crippen LogP contribution >= 0.6 is 43.4 Å². The van der Waals surface area contributed by atoms with E-state index < -0.39 is 10.0 Å². The largest absolute Gasteiger partial charge is 0.268 e. The molecule has 0 bridgehead atoms. The molecule has 17 heavy (non-hydrogen) atoms. The van der Waals surface area contributed by atoms with Crippen molar-refractivity contribution in [3.63, 3.8) is 0 Å². The smallest absolute Gasteiger partial charge is 0.263 e. The molecule has 1 aromatic heterocycles. The van der Waals surface area contributed by atoms with Crippen LogP contribution in [0.3, 0.4) is 0 Å². The summed E-state index contributed by atoms with van der Waals surface area (Å²) in [7, 11) is -3.62. The molecule has 0 aliphatic rings. The van der Waals surface area contributed by atoms with Gasteiger partial charge in [0.25, 0.3) is 10.0 Å². The lowest BCUT2D eigenvalue weighted by atomic mass is 10.4. The molecule has 0 amide bonds. The van der Waals surface area contributed by atoms with Crippen LogP contribution in [0.1, 0.15) is 0 Å². The van der Waals surface area contributed by atoms with Gasteiger partial charge in [-0.2, -0.15) is 0 Å². The molecule has 90 valence electrons. The normalized spacial score (nSPS) is 11.4. The Morgan fingerprint density at radius 1 is 1.29 bits per heavy atom. The number of hydrogen-bond acceptors (Lipinski definition) is 5. The minimum Gasteiger partial charge on any atom is -0.268 e. The molecule has 1 heterocycles. The molecule has 0 unspecified atom stereocenters. The summed E-state index contributed by atoms with van der Waals surface area (Å²) in [4.78, 5) is 0.161. The molecule has 2 aromatic rings. The van der Waals surface area contributed by atoms with E-state index in [0.717, 1.165) is 16.0 Å². The van der Waals surface area contributed by atoms with E-state index in [1.165, 1.54) is 12.3 Å². The van der Waals surface area contributed by atoms with E-state index in [1.54, 1.807) is 12.1 Å². The molecule has 0 atom stereocenters. The molecule has 0 saturated heterocycles. The van der Waals surface area contributed by atoms with Gasteiger partial charge in [0.05, 0.1) is 6.20 Å². The maximum atomic E-state index is 12.0. The molecule has 0 spiro atoms.